The lowest BCUT2D eigenvalue weighted by Crippen LogP contribution is -2.26. The van der Waals surface area contributed by atoms with Gasteiger partial charge < -0.3 is 20.5 Å². The van der Waals surface area contributed by atoms with E-state index in [1.54, 1.807) is 4.57 Å². The van der Waals surface area contributed by atoms with Crippen LogP contribution >= 0.6 is 7.75 Å². The molecule has 0 aliphatic carbocycles. The molecule has 12 nitrogen and oxygen atoms in total. The third-order valence-corrected chi connectivity index (χ3v) is 5.40. The van der Waals surface area contributed by atoms with Gasteiger partial charge in [0, 0.05) is 18.8 Å². The van der Waals surface area contributed by atoms with E-state index >= 15 is 0 Å². The second-order valence-corrected chi connectivity index (χ2v) is 7.45. The Kier molecular flexibility index (Phi) is 4.21. The Labute approximate surface area is 146 Å². The smallest absolute Gasteiger partial charge is 0.390 e. The second-order valence-electron chi connectivity index (χ2n) is 5.74. The Morgan fingerprint density at radius 3 is 3.00 bits per heavy atom. The molecule has 0 radical (unpaired) electrons. The third kappa shape index (κ3) is 2.97. The van der Waals surface area contributed by atoms with Crippen molar-refractivity contribution in [3.05, 3.63) is 31.4 Å². The number of aliphatic hydroxyl groups excluding tert-OH is 1. The summed E-state index contributed by atoms with van der Waals surface area (Å²) >= 11 is 0. The van der Waals surface area contributed by atoms with E-state index in [-0.39, 0.29) is 18.8 Å². The molecule has 4 N–H and O–H groups in total. The molecule has 0 amide bonds. The van der Waals surface area contributed by atoms with Crippen LogP contribution < -0.4 is 5.73 Å². The number of nitrogens with zero attached hydrogens (tertiary/aromatic N) is 6. The SMILES string of the molecule is Nc1ncnc2c1ncn2[C@H]1C[C@H](O)[C@@H](COP(=O)(O)n2ccnc2)O1. The van der Waals surface area contributed by atoms with E-state index in [1.165, 1.54) is 31.4 Å². The van der Waals surface area contributed by atoms with Crippen LogP contribution in [0.5, 0.6) is 0 Å². The van der Waals surface area contributed by atoms with E-state index in [0.717, 1.165) is 4.34 Å². The van der Waals surface area contributed by atoms with E-state index < -0.39 is 26.2 Å². The molecule has 1 fully saturated rings. The molecule has 0 saturated carbocycles. The Bertz CT molecular complexity index is 961. The molecular formula is C13H16N7O5P. The molecule has 0 aromatic carbocycles. The predicted molar refractivity (Wildman–Crippen MR) is 87.7 cm³/mol. The van der Waals surface area contributed by atoms with Crippen molar-refractivity contribution in [2.24, 2.45) is 0 Å². The molecule has 1 saturated heterocycles. The van der Waals surface area contributed by atoms with Gasteiger partial charge in [0.15, 0.2) is 11.5 Å². The van der Waals surface area contributed by atoms with Crippen LogP contribution in [0, 0.1) is 0 Å². The monoisotopic (exact) mass is 381 g/mol. The second kappa shape index (κ2) is 6.41. The summed E-state index contributed by atoms with van der Waals surface area (Å²) in [5.41, 5.74) is 6.67. The fourth-order valence-corrected chi connectivity index (χ4v) is 3.65. The van der Waals surface area contributed by atoms with E-state index in [9.17, 15) is 14.6 Å². The molecule has 26 heavy (non-hydrogen) atoms. The van der Waals surface area contributed by atoms with Gasteiger partial charge in [-0.3, -0.25) is 9.09 Å². The number of aromatic nitrogens is 6. The van der Waals surface area contributed by atoms with Crippen molar-refractivity contribution < 1.29 is 23.8 Å². The van der Waals surface area contributed by atoms with Gasteiger partial charge in [-0.25, -0.2) is 28.8 Å². The van der Waals surface area contributed by atoms with Gasteiger partial charge in [0.1, 0.15) is 30.5 Å². The number of ether oxygens (including phenoxy) is 1. The lowest BCUT2D eigenvalue weighted by molar-refractivity contribution is -0.0400. The molecule has 138 valence electrons. The maximum atomic E-state index is 12.1. The zero-order valence-corrected chi connectivity index (χ0v) is 14.3. The van der Waals surface area contributed by atoms with Gasteiger partial charge >= 0.3 is 7.75 Å². The fraction of sp³-hybridized carbons (Fsp3) is 0.385. The molecule has 3 aromatic rings. The first kappa shape index (κ1) is 17.1. The summed E-state index contributed by atoms with van der Waals surface area (Å²) in [6, 6.07) is 0. The molecule has 0 spiro atoms. The zero-order valence-electron chi connectivity index (χ0n) is 13.4. The molecule has 13 heteroatoms. The van der Waals surface area contributed by atoms with Gasteiger partial charge in [-0.05, 0) is 0 Å². The molecular weight excluding hydrogens is 365 g/mol. The van der Waals surface area contributed by atoms with E-state index in [1.807, 2.05) is 0 Å². The van der Waals surface area contributed by atoms with Crippen LogP contribution in [0.2, 0.25) is 0 Å². The third-order valence-electron chi connectivity index (χ3n) is 4.09. The van der Waals surface area contributed by atoms with Gasteiger partial charge in [-0.1, -0.05) is 0 Å². The van der Waals surface area contributed by atoms with Crippen LogP contribution in [0.4, 0.5) is 5.82 Å². The first-order valence-electron chi connectivity index (χ1n) is 7.68. The van der Waals surface area contributed by atoms with Crippen LogP contribution in [0.3, 0.4) is 0 Å². The lowest BCUT2D eigenvalue weighted by Gasteiger charge is -2.18. The maximum absolute atomic E-state index is 12.1. The summed E-state index contributed by atoms with van der Waals surface area (Å²) in [6.07, 6.45) is 4.66. The minimum absolute atomic E-state index is 0.240. The standard InChI is InChI=1S/C13H16N7O5P/c14-12-11-13(17-5-16-12)20(7-18-11)10-3-8(21)9(25-10)4-24-26(22,23)19-2-1-15-6-19/h1-2,5-10,21H,3-4H2,(H,22,23)(H2,14,16,17)/t8-,9+,10+/m0/s1. The average Bonchev–Trinajstić information content (AvgIpc) is 3.33. The van der Waals surface area contributed by atoms with Crippen molar-refractivity contribution in [3.8, 4) is 0 Å². The number of nitrogen functional groups attached to an aromatic ring is 1. The number of rotatable bonds is 5. The number of fused-ring (bicyclic) bond motifs is 1. The molecule has 4 heterocycles. The van der Waals surface area contributed by atoms with Crippen LogP contribution in [0.25, 0.3) is 11.2 Å². The molecule has 4 atom stereocenters. The average molecular weight is 381 g/mol. The molecule has 1 aliphatic rings. The van der Waals surface area contributed by atoms with Crippen LogP contribution in [-0.2, 0) is 13.8 Å². The van der Waals surface area contributed by atoms with Crippen molar-refractivity contribution in [1.82, 2.24) is 28.8 Å². The van der Waals surface area contributed by atoms with Gasteiger partial charge in [-0.2, -0.15) is 0 Å². The largest absolute Gasteiger partial charge is 0.437 e. The summed E-state index contributed by atoms with van der Waals surface area (Å²) in [4.78, 5) is 25.8. The highest BCUT2D eigenvalue weighted by Gasteiger charge is 2.37. The fourth-order valence-electron chi connectivity index (χ4n) is 2.76. The van der Waals surface area contributed by atoms with Crippen molar-refractivity contribution >= 4 is 24.7 Å². The quantitative estimate of drug-likeness (QED) is 0.509. The number of anilines is 1. The van der Waals surface area contributed by atoms with Crippen LogP contribution in [-0.4, -0.2) is 57.7 Å². The first-order valence-corrected chi connectivity index (χ1v) is 9.21. The lowest BCUT2D eigenvalue weighted by atomic mass is 10.2. The summed E-state index contributed by atoms with van der Waals surface area (Å²) < 4.78 is 25.6. The van der Waals surface area contributed by atoms with Crippen molar-refractivity contribution in [2.45, 2.75) is 24.9 Å². The molecule has 4 rings (SSSR count). The molecule has 3 aromatic heterocycles. The van der Waals surface area contributed by atoms with Crippen molar-refractivity contribution in [1.29, 1.82) is 0 Å². The topological polar surface area (TPSA) is 163 Å². The summed E-state index contributed by atoms with van der Waals surface area (Å²) in [5, 5.41) is 10.2. The van der Waals surface area contributed by atoms with E-state index in [4.69, 9.17) is 15.0 Å². The number of imidazole rings is 2. The van der Waals surface area contributed by atoms with E-state index in [0.29, 0.717) is 11.2 Å². The van der Waals surface area contributed by atoms with Crippen molar-refractivity contribution in [2.75, 3.05) is 12.3 Å². The number of aliphatic hydroxyl groups is 1. The molecule has 0 bridgehead atoms. The maximum Gasteiger partial charge on any atom is 0.437 e. The minimum Gasteiger partial charge on any atom is -0.390 e. The van der Waals surface area contributed by atoms with Gasteiger partial charge in [0.2, 0.25) is 0 Å². The predicted octanol–water partition coefficient (Wildman–Crippen LogP) is -0.0813. The normalized spacial score (nSPS) is 25.5. The van der Waals surface area contributed by atoms with Gasteiger partial charge in [-0.15, -0.1) is 0 Å². The zero-order chi connectivity index (χ0) is 18.3. The molecule has 1 aliphatic heterocycles. The highest BCUT2D eigenvalue weighted by Crippen LogP contribution is 2.44. The Hall–Kier alpha value is -2.37. The minimum atomic E-state index is -4.09. The highest BCUT2D eigenvalue weighted by atomic mass is 31.2. The molecule has 1 unspecified atom stereocenters. The highest BCUT2D eigenvalue weighted by molar-refractivity contribution is 7.51. The Morgan fingerprint density at radius 1 is 1.38 bits per heavy atom. The summed E-state index contributed by atoms with van der Waals surface area (Å²) in [7, 11) is -4.09. The van der Waals surface area contributed by atoms with Crippen LogP contribution in [0.15, 0.2) is 31.4 Å². The van der Waals surface area contributed by atoms with E-state index in [2.05, 4.69) is 19.9 Å². The first-order chi connectivity index (χ1) is 12.5. The Balaban J connectivity index is 1.48. The number of hydrogen-bond acceptors (Lipinski definition) is 9. The van der Waals surface area contributed by atoms with Crippen LogP contribution in [0.1, 0.15) is 12.6 Å². The van der Waals surface area contributed by atoms with Crippen molar-refractivity contribution in [3.63, 3.8) is 0 Å². The summed E-state index contributed by atoms with van der Waals surface area (Å²) in [5.74, 6) is 0.244. The summed E-state index contributed by atoms with van der Waals surface area (Å²) in [6.45, 7) is -0.270. The Morgan fingerprint density at radius 2 is 2.23 bits per heavy atom. The number of hydrogen-bond donors (Lipinski definition) is 3. The van der Waals surface area contributed by atoms with Gasteiger partial charge in [0.25, 0.3) is 0 Å². The van der Waals surface area contributed by atoms with Gasteiger partial charge in [0.05, 0.1) is 19.0 Å². The number of nitrogens with two attached hydrogens (primary N) is 1.